The topological polar surface area (TPSA) is 101 Å². The molecule has 0 aliphatic rings. The van der Waals surface area contributed by atoms with Gasteiger partial charge in [0.25, 0.3) is 5.91 Å². The first-order chi connectivity index (χ1) is 12.5. The van der Waals surface area contributed by atoms with Crippen molar-refractivity contribution in [1.29, 1.82) is 0 Å². The van der Waals surface area contributed by atoms with Crippen LogP contribution in [-0.4, -0.2) is 39.8 Å². The summed E-state index contributed by atoms with van der Waals surface area (Å²) in [5, 5.41) is 13.4. The summed E-state index contributed by atoms with van der Waals surface area (Å²) in [6, 6.07) is 10.4. The number of carbonyl (C=O) groups is 2. The average molecular weight is 352 g/mol. The molecule has 0 spiro atoms. The maximum Gasteiger partial charge on any atom is 0.319 e. The minimum absolute atomic E-state index is 0.172. The van der Waals surface area contributed by atoms with Gasteiger partial charge in [-0.15, -0.1) is 0 Å². The fourth-order valence-corrected chi connectivity index (χ4v) is 2.60. The molecule has 0 radical (unpaired) electrons. The molecule has 0 aliphatic heterocycles. The first-order valence-corrected chi connectivity index (χ1v) is 8.22. The van der Waals surface area contributed by atoms with E-state index in [4.69, 9.17) is 0 Å². The molecule has 0 bridgehead atoms. The molecule has 0 fully saturated rings. The number of aryl methyl sites for hydroxylation is 2. The number of amides is 3. The molecular weight excluding hydrogens is 332 g/mol. The first kappa shape index (κ1) is 17.4. The highest BCUT2D eigenvalue weighted by Crippen LogP contribution is 2.18. The highest BCUT2D eigenvalue weighted by Gasteiger charge is 2.09. The van der Waals surface area contributed by atoms with Crippen LogP contribution in [-0.2, 0) is 7.05 Å². The van der Waals surface area contributed by atoms with Crippen molar-refractivity contribution < 1.29 is 9.59 Å². The summed E-state index contributed by atoms with van der Waals surface area (Å²) in [4.78, 5) is 28.2. The van der Waals surface area contributed by atoms with E-state index in [0.29, 0.717) is 24.3 Å². The van der Waals surface area contributed by atoms with Gasteiger partial charge in [-0.25, -0.2) is 9.78 Å². The fraction of sp³-hybridized carbons (Fsp3) is 0.222. The molecule has 8 nitrogen and oxygen atoms in total. The Morgan fingerprint density at radius 2 is 1.85 bits per heavy atom. The van der Waals surface area contributed by atoms with Gasteiger partial charge in [0, 0.05) is 31.1 Å². The number of hydrogen-bond acceptors (Lipinski definition) is 4. The van der Waals surface area contributed by atoms with Crippen LogP contribution in [0.3, 0.4) is 0 Å². The van der Waals surface area contributed by atoms with E-state index in [1.165, 1.54) is 0 Å². The van der Waals surface area contributed by atoms with E-state index in [1.807, 2.05) is 26.1 Å². The van der Waals surface area contributed by atoms with Crippen molar-refractivity contribution in [3.8, 4) is 0 Å². The van der Waals surface area contributed by atoms with E-state index in [1.54, 1.807) is 35.1 Å². The third kappa shape index (κ3) is 3.97. The van der Waals surface area contributed by atoms with Gasteiger partial charge < -0.3 is 16.0 Å². The maximum atomic E-state index is 12.0. The van der Waals surface area contributed by atoms with Crippen molar-refractivity contribution in [2.24, 2.45) is 7.05 Å². The number of nitrogens with one attached hydrogen (secondary N) is 3. The minimum Gasteiger partial charge on any atom is -0.350 e. The fourth-order valence-electron chi connectivity index (χ4n) is 2.60. The van der Waals surface area contributed by atoms with E-state index in [-0.39, 0.29) is 11.9 Å². The van der Waals surface area contributed by atoms with E-state index < -0.39 is 0 Å². The Morgan fingerprint density at radius 1 is 1.12 bits per heavy atom. The predicted octanol–water partition coefficient (Wildman–Crippen LogP) is 1.83. The van der Waals surface area contributed by atoms with Gasteiger partial charge in [0.1, 0.15) is 0 Å². The molecule has 0 unspecified atom stereocenters. The Bertz CT molecular complexity index is 936. The van der Waals surface area contributed by atoms with Crippen LogP contribution in [0.15, 0.2) is 42.6 Å². The SMILES string of the molecule is Cc1nn(C)c2ncc(NC(=O)NCCNC(=O)c3ccccc3)cc12. The van der Waals surface area contributed by atoms with Gasteiger partial charge in [-0.3, -0.25) is 9.48 Å². The molecule has 0 aliphatic carbocycles. The Kier molecular flexibility index (Phi) is 5.12. The number of fused-ring (bicyclic) bond motifs is 1. The number of aromatic nitrogens is 3. The lowest BCUT2D eigenvalue weighted by molar-refractivity contribution is 0.0954. The number of anilines is 1. The van der Waals surface area contributed by atoms with Crippen LogP contribution in [0.4, 0.5) is 10.5 Å². The summed E-state index contributed by atoms with van der Waals surface area (Å²) in [6.45, 7) is 2.54. The summed E-state index contributed by atoms with van der Waals surface area (Å²) in [6.07, 6.45) is 1.58. The van der Waals surface area contributed by atoms with Gasteiger partial charge >= 0.3 is 6.03 Å². The summed E-state index contributed by atoms with van der Waals surface area (Å²) in [5.74, 6) is -0.172. The molecule has 26 heavy (non-hydrogen) atoms. The van der Waals surface area contributed by atoms with Gasteiger partial charge in [0.05, 0.1) is 17.6 Å². The molecule has 3 aromatic rings. The molecular formula is C18H20N6O2. The average Bonchev–Trinajstić information content (AvgIpc) is 2.93. The normalized spacial score (nSPS) is 10.5. The van der Waals surface area contributed by atoms with Gasteiger partial charge in [-0.05, 0) is 25.1 Å². The third-order valence-electron chi connectivity index (χ3n) is 3.85. The number of pyridine rings is 1. The second-order valence-corrected chi connectivity index (χ2v) is 5.81. The smallest absolute Gasteiger partial charge is 0.319 e. The summed E-state index contributed by atoms with van der Waals surface area (Å²) >= 11 is 0. The van der Waals surface area contributed by atoms with Crippen molar-refractivity contribution in [3.05, 3.63) is 53.9 Å². The monoisotopic (exact) mass is 352 g/mol. The lowest BCUT2D eigenvalue weighted by Crippen LogP contribution is -2.36. The molecule has 0 saturated heterocycles. The number of hydrogen-bond donors (Lipinski definition) is 3. The number of carbonyl (C=O) groups excluding carboxylic acids is 2. The number of urea groups is 1. The van der Waals surface area contributed by atoms with E-state index in [2.05, 4.69) is 26.0 Å². The Labute approximate surface area is 150 Å². The lowest BCUT2D eigenvalue weighted by Gasteiger charge is -2.09. The van der Waals surface area contributed by atoms with E-state index in [0.717, 1.165) is 16.7 Å². The minimum atomic E-state index is -0.360. The zero-order chi connectivity index (χ0) is 18.5. The second kappa shape index (κ2) is 7.64. The lowest BCUT2D eigenvalue weighted by atomic mass is 10.2. The Hall–Kier alpha value is -3.42. The molecule has 0 atom stereocenters. The van der Waals surface area contributed by atoms with Crippen molar-refractivity contribution >= 4 is 28.7 Å². The largest absolute Gasteiger partial charge is 0.350 e. The van der Waals surface area contributed by atoms with Crippen molar-refractivity contribution in [2.45, 2.75) is 6.92 Å². The number of rotatable bonds is 5. The summed E-state index contributed by atoms with van der Waals surface area (Å²) in [5.41, 5.74) is 2.78. The van der Waals surface area contributed by atoms with Crippen LogP contribution < -0.4 is 16.0 Å². The molecule has 8 heteroatoms. The summed E-state index contributed by atoms with van der Waals surface area (Å²) < 4.78 is 1.70. The van der Waals surface area contributed by atoms with Gasteiger partial charge in [0.15, 0.2) is 5.65 Å². The molecule has 134 valence electrons. The van der Waals surface area contributed by atoms with Crippen LogP contribution in [0.2, 0.25) is 0 Å². The van der Waals surface area contributed by atoms with Crippen LogP contribution in [0, 0.1) is 6.92 Å². The third-order valence-corrected chi connectivity index (χ3v) is 3.85. The molecule has 3 amide bonds. The van der Waals surface area contributed by atoms with Gasteiger partial charge in [0.2, 0.25) is 0 Å². The standard InChI is InChI=1S/C18H20N6O2/c1-12-15-10-14(11-21-16(15)24(2)23-12)22-18(26)20-9-8-19-17(25)13-6-4-3-5-7-13/h3-7,10-11H,8-9H2,1-2H3,(H,19,25)(H2,20,22,26). The molecule has 2 aromatic heterocycles. The maximum absolute atomic E-state index is 12.0. The quantitative estimate of drug-likeness (QED) is 0.610. The molecule has 3 N–H and O–H groups in total. The van der Waals surface area contributed by atoms with E-state index >= 15 is 0 Å². The zero-order valence-electron chi connectivity index (χ0n) is 14.6. The molecule has 0 saturated carbocycles. The molecule has 1 aromatic carbocycles. The highest BCUT2D eigenvalue weighted by molar-refractivity contribution is 5.94. The molecule has 2 heterocycles. The number of benzene rings is 1. The van der Waals surface area contributed by atoms with Crippen molar-refractivity contribution in [3.63, 3.8) is 0 Å². The van der Waals surface area contributed by atoms with Gasteiger partial charge in [-0.2, -0.15) is 5.10 Å². The Morgan fingerprint density at radius 3 is 2.62 bits per heavy atom. The van der Waals surface area contributed by atoms with Crippen molar-refractivity contribution in [2.75, 3.05) is 18.4 Å². The Balaban J connectivity index is 1.47. The zero-order valence-corrected chi connectivity index (χ0v) is 14.6. The van der Waals surface area contributed by atoms with Crippen LogP contribution in [0.1, 0.15) is 16.1 Å². The first-order valence-electron chi connectivity index (χ1n) is 8.22. The van der Waals surface area contributed by atoms with Crippen molar-refractivity contribution in [1.82, 2.24) is 25.4 Å². The van der Waals surface area contributed by atoms with Crippen LogP contribution in [0.25, 0.3) is 11.0 Å². The predicted molar refractivity (Wildman–Crippen MR) is 99.0 cm³/mol. The van der Waals surface area contributed by atoms with Gasteiger partial charge in [-0.1, -0.05) is 18.2 Å². The van der Waals surface area contributed by atoms with Crippen LogP contribution in [0.5, 0.6) is 0 Å². The van der Waals surface area contributed by atoms with E-state index in [9.17, 15) is 9.59 Å². The number of nitrogens with zero attached hydrogens (tertiary/aromatic N) is 3. The molecule has 3 rings (SSSR count). The second-order valence-electron chi connectivity index (χ2n) is 5.81. The summed E-state index contributed by atoms with van der Waals surface area (Å²) in [7, 11) is 1.83. The highest BCUT2D eigenvalue weighted by atomic mass is 16.2. The van der Waals surface area contributed by atoms with Crippen LogP contribution >= 0.6 is 0 Å².